The largest absolute Gasteiger partial charge is 0.486 e. The van der Waals surface area contributed by atoms with Crippen molar-refractivity contribution in [1.29, 1.82) is 0 Å². The Labute approximate surface area is 267 Å². The third-order valence-corrected chi connectivity index (χ3v) is 8.89. The van der Waals surface area contributed by atoms with Crippen molar-refractivity contribution in [2.24, 2.45) is 5.73 Å². The van der Waals surface area contributed by atoms with Crippen LogP contribution in [0.1, 0.15) is 63.1 Å². The number of amides is 2. The molecule has 0 fully saturated rings. The van der Waals surface area contributed by atoms with Crippen molar-refractivity contribution in [2.45, 2.75) is 32.3 Å². The topological polar surface area (TPSA) is 107 Å². The first kappa shape index (κ1) is 30.7. The third kappa shape index (κ3) is 6.12. The molecule has 3 N–H and O–H groups in total. The summed E-state index contributed by atoms with van der Waals surface area (Å²) in [5, 5.41) is 3.05. The predicted octanol–water partition coefficient (Wildman–Crippen LogP) is 8.75. The number of anilines is 1. The summed E-state index contributed by atoms with van der Waals surface area (Å²) < 4.78 is 39.2. The number of carbonyl (C=O) groups excluding carboxylic acids is 2. The molecule has 0 saturated heterocycles. The summed E-state index contributed by atoms with van der Waals surface area (Å²) in [6.07, 6.45) is -2.84. The minimum atomic E-state index is -2.84. The Kier molecular flexibility index (Phi) is 8.38. The van der Waals surface area contributed by atoms with Gasteiger partial charge in [-0.05, 0) is 52.6 Å². The van der Waals surface area contributed by atoms with Gasteiger partial charge in [-0.25, -0.2) is 13.8 Å². The second-order valence-electron chi connectivity index (χ2n) is 11.1. The van der Waals surface area contributed by atoms with E-state index in [2.05, 4.69) is 36.3 Å². The van der Waals surface area contributed by atoms with Gasteiger partial charge in [0.2, 0.25) is 0 Å². The van der Waals surface area contributed by atoms with Crippen LogP contribution >= 0.6 is 11.3 Å². The fourth-order valence-electron chi connectivity index (χ4n) is 5.26. The third-order valence-electron chi connectivity index (χ3n) is 7.79. The quantitative estimate of drug-likeness (QED) is 0.156. The molecule has 7 nitrogen and oxygen atoms in total. The summed E-state index contributed by atoms with van der Waals surface area (Å²) in [7, 11) is 0. The molecular formula is C36H29F2N3O4S. The van der Waals surface area contributed by atoms with Gasteiger partial charge in [-0.15, -0.1) is 11.3 Å². The molecule has 0 aliphatic heterocycles. The average molecular weight is 638 g/mol. The SMILES string of the molecule is CC(C)(c1ccccc1)c1ccc(OCc2ccc(C(=O)Nc3c(C(N)=O)sc4nc(C(F)F)cc(-c5ccccc5)c34)o2)cc1. The summed E-state index contributed by atoms with van der Waals surface area (Å²) in [6.45, 7) is 4.40. The van der Waals surface area contributed by atoms with Crippen LogP contribution in [0.15, 0.2) is 108 Å². The number of furan rings is 1. The lowest BCUT2D eigenvalue weighted by Gasteiger charge is -2.26. The number of hydrogen-bond donors (Lipinski definition) is 2. The second-order valence-corrected chi connectivity index (χ2v) is 12.1. The molecule has 0 saturated carbocycles. The van der Waals surface area contributed by atoms with Crippen LogP contribution in [-0.4, -0.2) is 16.8 Å². The Morgan fingerprint density at radius 2 is 1.59 bits per heavy atom. The number of pyridine rings is 1. The first-order valence-electron chi connectivity index (χ1n) is 14.4. The van der Waals surface area contributed by atoms with Gasteiger partial charge in [-0.3, -0.25) is 9.59 Å². The van der Waals surface area contributed by atoms with Crippen molar-refractivity contribution in [3.05, 3.63) is 136 Å². The Morgan fingerprint density at radius 3 is 2.24 bits per heavy atom. The van der Waals surface area contributed by atoms with Gasteiger partial charge < -0.3 is 20.2 Å². The van der Waals surface area contributed by atoms with Gasteiger partial charge >= 0.3 is 0 Å². The standard InChI is InChI=1S/C36H29F2N3O4S/c1-36(2,22-11-7-4-8-12-22)23-13-15-24(16-14-23)44-20-25-17-18-28(45-25)34(43)41-30-29-26(21-9-5-3-6-10-21)19-27(32(37)38)40-35(29)46-31(30)33(39)42/h3-19,32H,20H2,1-2H3,(H2,39,42)(H,41,43). The predicted molar refractivity (Wildman–Crippen MR) is 175 cm³/mol. The van der Waals surface area contributed by atoms with Crippen LogP contribution in [0.2, 0.25) is 0 Å². The molecule has 0 radical (unpaired) electrons. The molecule has 3 heterocycles. The van der Waals surface area contributed by atoms with Gasteiger partial charge in [-0.2, -0.15) is 0 Å². The highest BCUT2D eigenvalue weighted by Gasteiger charge is 2.26. The number of nitrogens with two attached hydrogens (primary N) is 1. The first-order chi connectivity index (χ1) is 22.1. The molecule has 46 heavy (non-hydrogen) atoms. The first-order valence-corrected chi connectivity index (χ1v) is 15.2. The lowest BCUT2D eigenvalue weighted by Crippen LogP contribution is -2.18. The van der Waals surface area contributed by atoms with E-state index >= 15 is 0 Å². The van der Waals surface area contributed by atoms with E-state index in [4.69, 9.17) is 14.9 Å². The maximum absolute atomic E-state index is 13.7. The Hall–Kier alpha value is -5.35. The van der Waals surface area contributed by atoms with Crippen molar-refractivity contribution < 1.29 is 27.5 Å². The zero-order valence-corrected chi connectivity index (χ0v) is 25.7. The van der Waals surface area contributed by atoms with Crippen LogP contribution < -0.4 is 15.8 Å². The smallest absolute Gasteiger partial charge is 0.291 e. The van der Waals surface area contributed by atoms with E-state index in [1.54, 1.807) is 36.4 Å². The second kappa shape index (κ2) is 12.6. The molecule has 6 rings (SSSR count). The molecule has 2 amide bonds. The van der Waals surface area contributed by atoms with Gasteiger partial charge in [0, 0.05) is 10.8 Å². The normalized spacial score (nSPS) is 11.6. The van der Waals surface area contributed by atoms with Crippen molar-refractivity contribution in [1.82, 2.24) is 4.98 Å². The van der Waals surface area contributed by atoms with Crippen LogP contribution in [-0.2, 0) is 12.0 Å². The molecule has 232 valence electrons. The summed E-state index contributed by atoms with van der Waals surface area (Å²) in [6, 6.07) is 31.2. The molecule has 0 unspecified atom stereocenters. The fourth-order valence-corrected chi connectivity index (χ4v) is 6.28. The lowest BCUT2D eigenvalue weighted by molar-refractivity contribution is 0.0992. The molecule has 0 aliphatic carbocycles. The Balaban J connectivity index is 1.22. The van der Waals surface area contributed by atoms with Crippen molar-refractivity contribution >= 4 is 39.1 Å². The van der Waals surface area contributed by atoms with Crippen LogP contribution in [0, 0.1) is 0 Å². The minimum absolute atomic E-state index is 0.0200. The number of halogens is 2. The summed E-state index contributed by atoms with van der Waals surface area (Å²) in [5.74, 6) is -0.486. The molecule has 0 bridgehead atoms. The minimum Gasteiger partial charge on any atom is -0.486 e. The number of nitrogens with zero attached hydrogens (tertiary/aromatic N) is 1. The summed E-state index contributed by atoms with van der Waals surface area (Å²) >= 11 is 0.837. The van der Waals surface area contributed by atoms with E-state index < -0.39 is 23.9 Å². The molecule has 3 aromatic carbocycles. The highest BCUT2D eigenvalue weighted by Crippen LogP contribution is 2.42. The molecule has 0 atom stereocenters. The van der Waals surface area contributed by atoms with Gasteiger partial charge in [0.25, 0.3) is 18.2 Å². The number of primary amides is 1. The van der Waals surface area contributed by atoms with Gasteiger partial charge in [-0.1, -0.05) is 86.6 Å². The number of hydrogen-bond acceptors (Lipinski definition) is 6. The maximum Gasteiger partial charge on any atom is 0.291 e. The molecule has 0 aliphatic rings. The molecule has 0 spiro atoms. The summed E-state index contributed by atoms with van der Waals surface area (Å²) in [4.78, 5) is 30.0. The van der Waals surface area contributed by atoms with E-state index in [9.17, 15) is 18.4 Å². The van der Waals surface area contributed by atoms with E-state index in [0.717, 1.165) is 16.9 Å². The molecule has 6 aromatic rings. The van der Waals surface area contributed by atoms with E-state index in [-0.39, 0.29) is 33.2 Å². The maximum atomic E-state index is 13.7. The number of benzene rings is 3. The zero-order valence-electron chi connectivity index (χ0n) is 24.9. The van der Waals surface area contributed by atoms with Crippen LogP contribution in [0.5, 0.6) is 5.75 Å². The van der Waals surface area contributed by atoms with Gasteiger partial charge in [0.05, 0.1) is 5.69 Å². The van der Waals surface area contributed by atoms with Crippen LogP contribution in [0.25, 0.3) is 21.3 Å². The number of fused-ring (bicyclic) bond motifs is 1. The number of carbonyl (C=O) groups is 2. The van der Waals surface area contributed by atoms with Crippen molar-refractivity contribution in [2.75, 3.05) is 5.32 Å². The zero-order chi connectivity index (χ0) is 32.4. The number of ether oxygens (including phenoxy) is 1. The van der Waals surface area contributed by atoms with E-state index in [0.29, 0.717) is 28.0 Å². The molecular weight excluding hydrogens is 608 g/mol. The Morgan fingerprint density at radius 1 is 0.935 bits per heavy atom. The van der Waals surface area contributed by atoms with Crippen molar-refractivity contribution in [3.63, 3.8) is 0 Å². The summed E-state index contributed by atoms with van der Waals surface area (Å²) in [5.41, 5.74) is 8.41. The van der Waals surface area contributed by atoms with Crippen LogP contribution in [0.3, 0.4) is 0 Å². The number of rotatable bonds is 10. The number of alkyl halides is 2. The number of thiophene rings is 1. The monoisotopic (exact) mass is 637 g/mol. The number of aromatic nitrogens is 1. The van der Waals surface area contributed by atoms with Crippen LogP contribution in [0.4, 0.5) is 14.5 Å². The van der Waals surface area contributed by atoms with E-state index in [1.165, 1.54) is 17.7 Å². The molecule has 3 aromatic heterocycles. The van der Waals surface area contributed by atoms with E-state index in [1.807, 2.05) is 42.5 Å². The lowest BCUT2D eigenvalue weighted by atomic mass is 9.78. The van der Waals surface area contributed by atoms with Crippen molar-refractivity contribution in [3.8, 4) is 16.9 Å². The Bertz CT molecular complexity index is 2020. The average Bonchev–Trinajstić information content (AvgIpc) is 3.70. The molecule has 10 heteroatoms. The number of nitrogens with one attached hydrogen (secondary N) is 1. The highest BCUT2D eigenvalue weighted by atomic mass is 32.1. The highest BCUT2D eigenvalue weighted by molar-refractivity contribution is 7.21. The van der Waals surface area contributed by atoms with Gasteiger partial charge in [0.1, 0.15) is 33.5 Å². The van der Waals surface area contributed by atoms with Gasteiger partial charge in [0.15, 0.2) is 5.76 Å². The fraction of sp³-hybridized carbons (Fsp3) is 0.139.